The molecule has 0 radical (unpaired) electrons. The van der Waals surface area contributed by atoms with Gasteiger partial charge in [0, 0.05) is 33.7 Å². The first-order valence-corrected chi connectivity index (χ1v) is 8.19. The Morgan fingerprint density at radius 1 is 1.13 bits per heavy atom. The largest absolute Gasteiger partial charge is 0.362 e. The lowest BCUT2D eigenvalue weighted by Gasteiger charge is -2.10. The summed E-state index contributed by atoms with van der Waals surface area (Å²) in [4.78, 5) is 3.33. The third-order valence-electron chi connectivity index (χ3n) is 3.79. The SMILES string of the molecule is CC(C)NCOCc1c[nH]c2cccc(-c3ccc(Cl)cc3)c12. The molecule has 3 nitrogen and oxygen atoms in total. The summed E-state index contributed by atoms with van der Waals surface area (Å²) in [5, 5.41) is 5.22. The highest BCUT2D eigenvalue weighted by molar-refractivity contribution is 6.30. The minimum atomic E-state index is 0.419. The molecule has 0 aliphatic rings. The molecule has 3 aromatic rings. The van der Waals surface area contributed by atoms with Crippen LogP contribution in [-0.2, 0) is 11.3 Å². The van der Waals surface area contributed by atoms with Gasteiger partial charge in [-0.3, -0.25) is 5.32 Å². The van der Waals surface area contributed by atoms with E-state index in [1.165, 1.54) is 10.9 Å². The smallest absolute Gasteiger partial charge is 0.0971 e. The number of aromatic amines is 1. The fourth-order valence-electron chi connectivity index (χ4n) is 2.63. The Balaban J connectivity index is 1.89. The summed E-state index contributed by atoms with van der Waals surface area (Å²) >= 11 is 6.00. The van der Waals surface area contributed by atoms with Crippen molar-refractivity contribution in [3.8, 4) is 11.1 Å². The van der Waals surface area contributed by atoms with Gasteiger partial charge in [0.1, 0.15) is 0 Å². The number of benzene rings is 2. The molecule has 0 unspecified atom stereocenters. The van der Waals surface area contributed by atoms with Crippen LogP contribution < -0.4 is 5.32 Å². The molecule has 0 saturated carbocycles. The van der Waals surface area contributed by atoms with E-state index >= 15 is 0 Å². The van der Waals surface area contributed by atoms with E-state index in [0.29, 0.717) is 19.4 Å². The fraction of sp³-hybridized carbons (Fsp3) is 0.263. The van der Waals surface area contributed by atoms with E-state index in [4.69, 9.17) is 16.3 Å². The highest BCUT2D eigenvalue weighted by Gasteiger charge is 2.10. The zero-order valence-electron chi connectivity index (χ0n) is 13.4. The second-order valence-corrected chi connectivity index (χ2v) is 6.34. The lowest BCUT2D eigenvalue weighted by atomic mass is 9.99. The number of ether oxygens (including phenoxy) is 1. The Morgan fingerprint density at radius 3 is 2.65 bits per heavy atom. The van der Waals surface area contributed by atoms with E-state index in [0.717, 1.165) is 21.7 Å². The van der Waals surface area contributed by atoms with E-state index in [1.54, 1.807) is 0 Å². The summed E-state index contributed by atoms with van der Waals surface area (Å²) in [5.41, 5.74) is 4.63. The molecule has 1 heterocycles. The number of aromatic nitrogens is 1. The molecule has 2 N–H and O–H groups in total. The van der Waals surface area contributed by atoms with Crippen LogP contribution >= 0.6 is 11.6 Å². The number of fused-ring (bicyclic) bond motifs is 1. The first-order valence-electron chi connectivity index (χ1n) is 7.81. The van der Waals surface area contributed by atoms with Crippen LogP contribution in [0.2, 0.25) is 5.02 Å². The zero-order valence-corrected chi connectivity index (χ0v) is 14.2. The van der Waals surface area contributed by atoms with E-state index in [1.807, 2.05) is 18.3 Å². The van der Waals surface area contributed by atoms with Gasteiger partial charge in [-0.1, -0.05) is 35.9 Å². The van der Waals surface area contributed by atoms with Gasteiger partial charge < -0.3 is 9.72 Å². The van der Waals surface area contributed by atoms with Crippen molar-refractivity contribution in [2.75, 3.05) is 6.73 Å². The second kappa shape index (κ2) is 7.18. The van der Waals surface area contributed by atoms with E-state index in [9.17, 15) is 0 Å². The van der Waals surface area contributed by atoms with Crippen LogP contribution in [-0.4, -0.2) is 17.8 Å². The minimum absolute atomic E-state index is 0.419. The number of nitrogens with one attached hydrogen (secondary N) is 2. The van der Waals surface area contributed by atoms with Crippen molar-refractivity contribution >= 4 is 22.5 Å². The molecule has 0 spiro atoms. The second-order valence-electron chi connectivity index (χ2n) is 5.90. The molecule has 23 heavy (non-hydrogen) atoms. The Morgan fingerprint density at radius 2 is 1.91 bits per heavy atom. The Labute approximate surface area is 141 Å². The maximum atomic E-state index is 6.00. The fourth-order valence-corrected chi connectivity index (χ4v) is 2.75. The van der Waals surface area contributed by atoms with Crippen LogP contribution in [0.4, 0.5) is 0 Å². The molecule has 0 aliphatic carbocycles. The number of hydrogen-bond acceptors (Lipinski definition) is 2. The van der Waals surface area contributed by atoms with Crippen molar-refractivity contribution in [3.63, 3.8) is 0 Å². The van der Waals surface area contributed by atoms with E-state index in [-0.39, 0.29) is 0 Å². The molecule has 2 aromatic carbocycles. The van der Waals surface area contributed by atoms with Crippen molar-refractivity contribution in [3.05, 3.63) is 59.2 Å². The topological polar surface area (TPSA) is 37.0 Å². The van der Waals surface area contributed by atoms with Crippen molar-refractivity contribution in [2.24, 2.45) is 0 Å². The first kappa shape index (κ1) is 16.1. The van der Waals surface area contributed by atoms with Crippen LogP contribution in [0, 0.1) is 0 Å². The van der Waals surface area contributed by atoms with Gasteiger partial charge >= 0.3 is 0 Å². The summed E-state index contributed by atoms with van der Waals surface area (Å²) in [5.74, 6) is 0. The molecule has 0 atom stereocenters. The number of rotatable bonds is 6. The maximum Gasteiger partial charge on any atom is 0.0971 e. The molecule has 0 aliphatic heterocycles. The van der Waals surface area contributed by atoms with Crippen molar-refractivity contribution in [1.82, 2.24) is 10.3 Å². The Bertz CT molecular complexity index is 778. The van der Waals surface area contributed by atoms with Gasteiger partial charge in [0.05, 0.1) is 13.3 Å². The van der Waals surface area contributed by atoms with Gasteiger partial charge in [-0.15, -0.1) is 0 Å². The quantitative estimate of drug-likeness (QED) is 0.495. The van der Waals surface area contributed by atoms with Gasteiger partial charge in [-0.05, 0) is 43.2 Å². The molecule has 1 aromatic heterocycles. The highest BCUT2D eigenvalue weighted by atomic mass is 35.5. The molecule has 0 bridgehead atoms. The van der Waals surface area contributed by atoms with Crippen LogP contribution in [0.25, 0.3) is 22.0 Å². The summed E-state index contributed by atoms with van der Waals surface area (Å²) in [6, 6.07) is 14.6. The lowest BCUT2D eigenvalue weighted by molar-refractivity contribution is 0.0990. The Hall–Kier alpha value is -1.81. The van der Waals surface area contributed by atoms with Gasteiger partial charge in [-0.2, -0.15) is 0 Å². The summed E-state index contributed by atoms with van der Waals surface area (Å²) < 4.78 is 5.75. The molecular weight excluding hydrogens is 308 g/mol. The molecule has 0 fully saturated rings. The maximum absolute atomic E-state index is 6.00. The lowest BCUT2D eigenvalue weighted by Crippen LogP contribution is -2.25. The van der Waals surface area contributed by atoms with Crippen LogP contribution in [0.1, 0.15) is 19.4 Å². The third kappa shape index (κ3) is 3.75. The number of halogens is 1. The predicted molar refractivity (Wildman–Crippen MR) is 96.7 cm³/mol. The highest BCUT2D eigenvalue weighted by Crippen LogP contribution is 2.32. The van der Waals surface area contributed by atoms with Crippen LogP contribution in [0.3, 0.4) is 0 Å². The Kier molecular flexibility index (Phi) is 5.01. The molecule has 0 saturated heterocycles. The van der Waals surface area contributed by atoms with E-state index < -0.39 is 0 Å². The minimum Gasteiger partial charge on any atom is -0.362 e. The van der Waals surface area contributed by atoms with Gasteiger partial charge in [-0.25, -0.2) is 0 Å². The predicted octanol–water partition coefficient (Wildman–Crippen LogP) is 4.96. The van der Waals surface area contributed by atoms with Crippen LogP contribution in [0.15, 0.2) is 48.7 Å². The third-order valence-corrected chi connectivity index (χ3v) is 4.05. The number of H-pyrrole nitrogens is 1. The average molecular weight is 329 g/mol. The van der Waals surface area contributed by atoms with Crippen molar-refractivity contribution in [1.29, 1.82) is 0 Å². The molecule has 3 rings (SSSR count). The van der Waals surface area contributed by atoms with Crippen molar-refractivity contribution in [2.45, 2.75) is 26.5 Å². The summed E-state index contributed by atoms with van der Waals surface area (Å²) in [6.07, 6.45) is 2.03. The zero-order chi connectivity index (χ0) is 16.2. The molecule has 120 valence electrons. The molecule has 4 heteroatoms. The van der Waals surface area contributed by atoms with Gasteiger partial charge in [0.25, 0.3) is 0 Å². The molecular formula is C19H21ClN2O. The van der Waals surface area contributed by atoms with E-state index in [2.05, 4.69) is 54.5 Å². The number of hydrogen-bond donors (Lipinski definition) is 2. The molecule has 0 amide bonds. The summed E-state index contributed by atoms with van der Waals surface area (Å²) in [6.45, 7) is 5.33. The monoisotopic (exact) mass is 328 g/mol. The van der Waals surface area contributed by atoms with Gasteiger partial charge in [0.2, 0.25) is 0 Å². The summed E-state index contributed by atoms with van der Waals surface area (Å²) in [7, 11) is 0. The van der Waals surface area contributed by atoms with Gasteiger partial charge in [0.15, 0.2) is 0 Å². The first-order chi connectivity index (χ1) is 11.1. The standard InChI is InChI=1S/C19H21ClN2O/c1-13(2)22-12-23-11-15-10-21-18-5-3-4-17(19(15)18)14-6-8-16(20)9-7-14/h3-10,13,21-22H,11-12H2,1-2H3. The van der Waals surface area contributed by atoms with Crippen molar-refractivity contribution < 1.29 is 4.74 Å². The van der Waals surface area contributed by atoms with Crippen LogP contribution in [0.5, 0.6) is 0 Å². The average Bonchev–Trinajstić information content (AvgIpc) is 2.95. The normalized spacial score (nSPS) is 11.5.